The summed E-state index contributed by atoms with van der Waals surface area (Å²) < 4.78 is 26.6. The summed E-state index contributed by atoms with van der Waals surface area (Å²) >= 11 is 1.26. The van der Waals surface area contributed by atoms with Crippen LogP contribution in [-0.2, 0) is 0 Å². The number of benzene rings is 2. The summed E-state index contributed by atoms with van der Waals surface area (Å²) in [4.78, 5) is 1.30. The molecular weight excluding hydrogens is 252 g/mol. The highest BCUT2D eigenvalue weighted by Gasteiger charge is 2.07. The monoisotopic (exact) mass is 265 g/mol. The zero-order valence-corrected chi connectivity index (χ0v) is 10.7. The van der Waals surface area contributed by atoms with Crippen molar-refractivity contribution in [2.24, 2.45) is 5.73 Å². The van der Waals surface area contributed by atoms with Crippen LogP contribution in [0.4, 0.5) is 8.78 Å². The van der Waals surface area contributed by atoms with Crippen molar-refractivity contribution in [2.45, 2.75) is 22.8 Å². The van der Waals surface area contributed by atoms with Gasteiger partial charge in [0, 0.05) is 15.8 Å². The van der Waals surface area contributed by atoms with Gasteiger partial charge in [-0.25, -0.2) is 8.78 Å². The van der Waals surface area contributed by atoms with E-state index in [4.69, 9.17) is 5.73 Å². The van der Waals surface area contributed by atoms with E-state index in [1.54, 1.807) is 24.3 Å². The highest BCUT2D eigenvalue weighted by molar-refractivity contribution is 7.99. The second kappa shape index (κ2) is 5.50. The summed E-state index contributed by atoms with van der Waals surface area (Å²) in [5, 5.41) is 0. The normalized spacial score (nSPS) is 12.4. The van der Waals surface area contributed by atoms with Gasteiger partial charge in [0.05, 0.1) is 0 Å². The molecule has 94 valence electrons. The van der Waals surface area contributed by atoms with Gasteiger partial charge in [0.25, 0.3) is 0 Å². The molecule has 2 aromatic rings. The molecule has 0 heterocycles. The van der Waals surface area contributed by atoms with Crippen molar-refractivity contribution < 1.29 is 8.78 Å². The minimum atomic E-state index is -0.306. The maximum atomic E-state index is 13.8. The van der Waals surface area contributed by atoms with Crippen LogP contribution in [0.25, 0.3) is 0 Å². The molecule has 0 radical (unpaired) electrons. The standard InChI is InChI=1S/C14H13F2NS/c1-9(17)10-2-7-14(13(16)8-10)18-12-5-3-11(15)4-6-12/h2-9H,17H2,1H3/t9-/m0/s1. The average molecular weight is 265 g/mol. The van der Waals surface area contributed by atoms with Crippen LogP contribution < -0.4 is 5.73 Å². The van der Waals surface area contributed by atoms with Gasteiger partial charge in [-0.2, -0.15) is 0 Å². The van der Waals surface area contributed by atoms with Crippen LogP contribution >= 0.6 is 11.8 Å². The molecule has 1 atom stereocenters. The molecule has 2 rings (SSSR count). The first-order chi connectivity index (χ1) is 8.56. The Morgan fingerprint density at radius 2 is 1.72 bits per heavy atom. The van der Waals surface area contributed by atoms with Gasteiger partial charge in [-0.15, -0.1) is 0 Å². The molecule has 0 saturated heterocycles. The molecule has 18 heavy (non-hydrogen) atoms. The van der Waals surface area contributed by atoms with Crippen LogP contribution in [0.15, 0.2) is 52.3 Å². The third-order valence-electron chi connectivity index (χ3n) is 2.52. The summed E-state index contributed by atoms with van der Waals surface area (Å²) in [6.45, 7) is 1.81. The molecule has 0 aliphatic rings. The molecular formula is C14H13F2NS. The van der Waals surface area contributed by atoms with Crippen molar-refractivity contribution in [3.05, 3.63) is 59.7 Å². The van der Waals surface area contributed by atoms with Gasteiger partial charge >= 0.3 is 0 Å². The second-order valence-corrected chi connectivity index (χ2v) is 5.15. The molecule has 0 saturated carbocycles. The van der Waals surface area contributed by atoms with Crippen molar-refractivity contribution >= 4 is 11.8 Å². The Labute approximate surface area is 109 Å². The lowest BCUT2D eigenvalue weighted by Gasteiger charge is -2.08. The van der Waals surface area contributed by atoms with E-state index in [9.17, 15) is 8.78 Å². The minimum Gasteiger partial charge on any atom is -0.324 e. The molecule has 2 N–H and O–H groups in total. The Morgan fingerprint density at radius 1 is 1.06 bits per heavy atom. The molecule has 0 aliphatic carbocycles. The Kier molecular flexibility index (Phi) is 3.99. The smallest absolute Gasteiger partial charge is 0.137 e. The van der Waals surface area contributed by atoms with Crippen molar-refractivity contribution in [1.29, 1.82) is 0 Å². The topological polar surface area (TPSA) is 26.0 Å². The third-order valence-corrected chi connectivity index (χ3v) is 3.58. The van der Waals surface area contributed by atoms with Gasteiger partial charge < -0.3 is 5.73 Å². The Morgan fingerprint density at radius 3 is 2.28 bits per heavy atom. The Balaban J connectivity index is 2.22. The molecule has 2 aromatic carbocycles. The zero-order chi connectivity index (χ0) is 13.1. The van der Waals surface area contributed by atoms with Gasteiger partial charge in [-0.05, 0) is 48.9 Å². The molecule has 0 spiro atoms. The number of rotatable bonds is 3. The summed E-state index contributed by atoms with van der Waals surface area (Å²) in [7, 11) is 0. The van der Waals surface area contributed by atoms with Gasteiger partial charge in [0.15, 0.2) is 0 Å². The number of hydrogen-bond donors (Lipinski definition) is 1. The van der Waals surface area contributed by atoms with E-state index in [2.05, 4.69) is 0 Å². The van der Waals surface area contributed by atoms with Crippen LogP contribution in [0.2, 0.25) is 0 Å². The first-order valence-corrected chi connectivity index (χ1v) is 6.36. The van der Waals surface area contributed by atoms with Crippen molar-refractivity contribution in [3.8, 4) is 0 Å². The maximum Gasteiger partial charge on any atom is 0.137 e. The van der Waals surface area contributed by atoms with Crippen molar-refractivity contribution in [3.63, 3.8) is 0 Å². The first-order valence-electron chi connectivity index (χ1n) is 5.54. The van der Waals surface area contributed by atoms with E-state index in [0.29, 0.717) is 4.90 Å². The first kappa shape index (κ1) is 13.1. The van der Waals surface area contributed by atoms with Crippen molar-refractivity contribution in [2.75, 3.05) is 0 Å². The molecule has 0 fully saturated rings. The van der Waals surface area contributed by atoms with Crippen LogP contribution in [0.3, 0.4) is 0 Å². The highest BCUT2D eigenvalue weighted by Crippen LogP contribution is 2.30. The molecule has 0 bridgehead atoms. The Hall–Kier alpha value is -1.39. The molecule has 0 amide bonds. The maximum absolute atomic E-state index is 13.8. The van der Waals surface area contributed by atoms with Gasteiger partial charge in [0.1, 0.15) is 11.6 Å². The van der Waals surface area contributed by atoms with E-state index in [1.807, 2.05) is 6.92 Å². The van der Waals surface area contributed by atoms with E-state index < -0.39 is 0 Å². The molecule has 1 nitrogen and oxygen atoms in total. The quantitative estimate of drug-likeness (QED) is 0.902. The highest BCUT2D eigenvalue weighted by atomic mass is 32.2. The van der Waals surface area contributed by atoms with Gasteiger partial charge in [0.2, 0.25) is 0 Å². The van der Waals surface area contributed by atoms with E-state index in [1.165, 1.54) is 30.0 Å². The molecule has 0 unspecified atom stereocenters. The summed E-state index contributed by atoms with van der Waals surface area (Å²) in [5.74, 6) is -0.605. The fraction of sp³-hybridized carbons (Fsp3) is 0.143. The van der Waals surface area contributed by atoms with Gasteiger partial charge in [-0.1, -0.05) is 17.8 Å². The van der Waals surface area contributed by atoms with E-state index in [0.717, 1.165) is 10.5 Å². The molecule has 0 aromatic heterocycles. The summed E-state index contributed by atoms with van der Waals surface area (Å²) in [5.41, 5.74) is 6.45. The fourth-order valence-corrected chi connectivity index (χ4v) is 2.33. The lowest BCUT2D eigenvalue weighted by Crippen LogP contribution is -2.05. The largest absolute Gasteiger partial charge is 0.324 e. The van der Waals surface area contributed by atoms with Crippen LogP contribution in [0, 0.1) is 11.6 Å². The SMILES string of the molecule is C[C@H](N)c1ccc(Sc2ccc(F)cc2)c(F)c1. The Bertz CT molecular complexity index is 538. The minimum absolute atomic E-state index is 0.190. The van der Waals surface area contributed by atoms with Crippen LogP contribution in [-0.4, -0.2) is 0 Å². The number of hydrogen-bond acceptors (Lipinski definition) is 2. The van der Waals surface area contributed by atoms with E-state index >= 15 is 0 Å². The third kappa shape index (κ3) is 3.09. The predicted molar refractivity (Wildman–Crippen MR) is 69.5 cm³/mol. The predicted octanol–water partition coefficient (Wildman–Crippen LogP) is 4.14. The number of nitrogens with two attached hydrogens (primary N) is 1. The second-order valence-electron chi connectivity index (χ2n) is 4.03. The molecule has 4 heteroatoms. The average Bonchev–Trinajstić information content (AvgIpc) is 2.34. The lowest BCUT2D eigenvalue weighted by molar-refractivity contribution is 0.596. The number of halogens is 2. The van der Waals surface area contributed by atoms with Crippen molar-refractivity contribution in [1.82, 2.24) is 0 Å². The summed E-state index contributed by atoms with van der Waals surface area (Å²) in [6, 6.07) is 10.7. The fourth-order valence-electron chi connectivity index (χ4n) is 1.51. The van der Waals surface area contributed by atoms with Crippen LogP contribution in [0.5, 0.6) is 0 Å². The lowest BCUT2D eigenvalue weighted by atomic mass is 10.1. The molecule has 0 aliphatic heterocycles. The van der Waals surface area contributed by atoms with E-state index in [-0.39, 0.29) is 17.7 Å². The summed E-state index contributed by atoms with van der Waals surface area (Å²) in [6.07, 6.45) is 0. The van der Waals surface area contributed by atoms with Crippen LogP contribution in [0.1, 0.15) is 18.5 Å². The van der Waals surface area contributed by atoms with Gasteiger partial charge in [-0.3, -0.25) is 0 Å². The zero-order valence-electron chi connectivity index (χ0n) is 9.86.